The molecule has 0 fully saturated rings. The predicted octanol–water partition coefficient (Wildman–Crippen LogP) is 7.74. The molecule has 0 aliphatic carbocycles. The van der Waals surface area contributed by atoms with Crippen LogP contribution in [0, 0.1) is 0 Å². The van der Waals surface area contributed by atoms with Crippen LogP contribution in [0.2, 0.25) is 0 Å². The second kappa shape index (κ2) is 33.8. The number of esters is 1. The molecule has 9 heteroatoms. The highest BCUT2D eigenvalue weighted by Crippen LogP contribution is 2.13. The Morgan fingerprint density at radius 1 is 0.638 bits per heavy atom. The van der Waals surface area contributed by atoms with E-state index in [1.165, 1.54) is 77.0 Å². The number of carbonyl (C=O) groups excluding carboxylic acids is 4. The van der Waals surface area contributed by atoms with E-state index in [1.54, 1.807) is 13.0 Å². The molecule has 0 aliphatic rings. The van der Waals surface area contributed by atoms with E-state index >= 15 is 0 Å². The Morgan fingerprint density at radius 3 is 1.70 bits per heavy atom. The third kappa shape index (κ3) is 31.0. The number of Topliss-reactive ketones (excluding diaryl/α,β-unsaturated/α-hetero) is 2. The van der Waals surface area contributed by atoms with Gasteiger partial charge in [0.2, 0.25) is 5.91 Å². The van der Waals surface area contributed by atoms with Gasteiger partial charge in [0.1, 0.15) is 19.8 Å². The summed E-state index contributed by atoms with van der Waals surface area (Å²) in [6, 6.07) is -0.765. The molecular weight excluding hydrogens is 598 g/mol. The van der Waals surface area contributed by atoms with Crippen molar-refractivity contribution in [1.82, 2.24) is 5.32 Å². The molecule has 0 aromatic rings. The fourth-order valence-electron chi connectivity index (χ4n) is 5.03. The number of rotatable bonds is 35. The fraction of sp³-hybridized carbons (Fsp3) is 0.842. The Labute approximate surface area is 286 Å². The Bertz CT molecular complexity index is 816. The first-order chi connectivity index (χ1) is 22.8. The summed E-state index contributed by atoms with van der Waals surface area (Å²) in [5.74, 6) is -0.995. The molecule has 0 radical (unpaired) electrons. The summed E-state index contributed by atoms with van der Waals surface area (Å²) >= 11 is 0. The lowest BCUT2D eigenvalue weighted by molar-refractivity contribution is -0.147. The molecule has 0 saturated carbocycles. The number of hydrogen-bond donors (Lipinski definition) is 2. The number of unbranched alkanes of at least 4 members (excludes halogenated alkanes) is 16. The van der Waals surface area contributed by atoms with Gasteiger partial charge in [-0.1, -0.05) is 129 Å². The molecule has 0 saturated heterocycles. The number of nitrogens with one attached hydrogen (secondary N) is 1. The van der Waals surface area contributed by atoms with Gasteiger partial charge in [0.25, 0.3) is 0 Å². The summed E-state index contributed by atoms with van der Waals surface area (Å²) in [5, 5.41) is 13.7. The molecule has 0 aliphatic heterocycles. The van der Waals surface area contributed by atoms with Crippen LogP contribution in [0.4, 0.5) is 0 Å². The first-order valence-electron chi connectivity index (χ1n) is 18.8. The van der Waals surface area contributed by atoms with Gasteiger partial charge < -0.3 is 24.6 Å². The number of aliphatic hydroxyl groups is 1. The van der Waals surface area contributed by atoms with Gasteiger partial charge in [0, 0.05) is 19.3 Å². The fourth-order valence-corrected chi connectivity index (χ4v) is 5.03. The zero-order chi connectivity index (χ0) is 34.8. The number of ketones is 2. The van der Waals surface area contributed by atoms with Crippen LogP contribution in [-0.4, -0.2) is 73.7 Å². The highest BCUT2D eigenvalue weighted by molar-refractivity contribution is 5.83. The second-order valence-corrected chi connectivity index (χ2v) is 12.7. The zero-order valence-corrected chi connectivity index (χ0v) is 30.2. The summed E-state index contributed by atoms with van der Waals surface area (Å²) in [5.41, 5.74) is 0. The molecule has 0 rings (SSSR count). The van der Waals surface area contributed by atoms with E-state index in [2.05, 4.69) is 19.2 Å². The summed E-state index contributed by atoms with van der Waals surface area (Å²) in [7, 11) is 0. The molecule has 0 aromatic heterocycles. The van der Waals surface area contributed by atoms with Crippen LogP contribution in [0.5, 0.6) is 0 Å². The minimum atomic E-state index is -0.992. The van der Waals surface area contributed by atoms with Crippen molar-refractivity contribution < 1.29 is 38.5 Å². The Hall–Kier alpha value is -2.10. The van der Waals surface area contributed by atoms with E-state index in [-0.39, 0.29) is 63.3 Å². The number of amides is 1. The monoisotopic (exact) mass is 668 g/mol. The Morgan fingerprint density at radius 2 is 1.15 bits per heavy atom. The van der Waals surface area contributed by atoms with Crippen molar-refractivity contribution in [3.05, 3.63) is 12.2 Å². The van der Waals surface area contributed by atoms with Gasteiger partial charge in [-0.15, -0.1) is 0 Å². The molecular formula is C38H69NO8. The van der Waals surface area contributed by atoms with Crippen LogP contribution in [0.1, 0.15) is 162 Å². The van der Waals surface area contributed by atoms with Gasteiger partial charge >= 0.3 is 5.97 Å². The van der Waals surface area contributed by atoms with Crippen LogP contribution >= 0.6 is 0 Å². The largest absolute Gasteiger partial charge is 0.463 e. The standard InChI is InChI=1S/C38H69NO8/c1-4-7-9-11-13-14-15-16-17-18-19-20-22-24-36(42)35(39-37(43)25-23-21-12-10-8-5-2)32-47-38(44)27-26-34(41)31-46-29-28-45-30-33(40)6-3/h22,24,35-36,42H,4-21,23,25-32H2,1-3H3,(H,39,43)/b24-22+. The summed E-state index contributed by atoms with van der Waals surface area (Å²) < 4.78 is 15.8. The van der Waals surface area contributed by atoms with E-state index in [4.69, 9.17) is 14.2 Å². The molecule has 0 heterocycles. The molecule has 0 aromatic carbocycles. The maximum absolute atomic E-state index is 12.6. The lowest BCUT2D eigenvalue weighted by Gasteiger charge is -2.22. The second-order valence-electron chi connectivity index (χ2n) is 12.7. The molecule has 2 N–H and O–H groups in total. The molecule has 1 amide bonds. The minimum absolute atomic E-state index is 0.00215. The van der Waals surface area contributed by atoms with Gasteiger partial charge in [-0.3, -0.25) is 19.2 Å². The summed E-state index contributed by atoms with van der Waals surface area (Å²) in [6.07, 6.45) is 24.6. The molecule has 2 unspecified atom stereocenters. The van der Waals surface area contributed by atoms with Crippen molar-refractivity contribution in [2.45, 2.75) is 174 Å². The summed E-state index contributed by atoms with van der Waals surface area (Å²) in [4.78, 5) is 48.3. The number of allylic oxidation sites excluding steroid dienone is 1. The average molecular weight is 668 g/mol. The molecule has 9 nitrogen and oxygen atoms in total. The van der Waals surface area contributed by atoms with Gasteiger partial charge in [0.15, 0.2) is 11.6 Å². The van der Waals surface area contributed by atoms with Crippen molar-refractivity contribution in [2.24, 2.45) is 0 Å². The number of aliphatic hydroxyl groups excluding tert-OH is 1. The quantitative estimate of drug-likeness (QED) is 0.0399. The topological polar surface area (TPSA) is 128 Å². The first kappa shape index (κ1) is 44.9. The number of carbonyl (C=O) groups is 4. The van der Waals surface area contributed by atoms with Crippen LogP contribution in [0.15, 0.2) is 12.2 Å². The van der Waals surface area contributed by atoms with E-state index in [0.717, 1.165) is 38.5 Å². The summed E-state index contributed by atoms with van der Waals surface area (Å²) in [6.45, 7) is 6.27. The van der Waals surface area contributed by atoms with Crippen LogP contribution < -0.4 is 5.32 Å². The highest BCUT2D eigenvalue weighted by atomic mass is 16.5. The van der Waals surface area contributed by atoms with Crippen molar-refractivity contribution in [2.75, 3.05) is 33.0 Å². The maximum Gasteiger partial charge on any atom is 0.306 e. The third-order valence-corrected chi connectivity index (χ3v) is 8.15. The van der Waals surface area contributed by atoms with Crippen LogP contribution in [0.25, 0.3) is 0 Å². The lowest BCUT2D eigenvalue weighted by Crippen LogP contribution is -2.46. The third-order valence-electron chi connectivity index (χ3n) is 8.15. The van der Waals surface area contributed by atoms with Gasteiger partial charge in [-0.2, -0.15) is 0 Å². The van der Waals surface area contributed by atoms with E-state index in [1.807, 2.05) is 6.08 Å². The SMILES string of the molecule is CCCCCCCCCCCCC/C=C/C(O)C(COC(=O)CCC(=O)COCCOCC(=O)CC)NC(=O)CCCCCCCC. The van der Waals surface area contributed by atoms with Crippen molar-refractivity contribution >= 4 is 23.4 Å². The van der Waals surface area contributed by atoms with E-state index < -0.39 is 18.1 Å². The van der Waals surface area contributed by atoms with Crippen LogP contribution in [0.3, 0.4) is 0 Å². The molecule has 0 bridgehead atoms. The van der Waals surface area contributed by atoms with Crippen molar-refractivity contribution in [3.63, 3.8) is 0 Å². The molecule has 274 valence electrons. The molecule has 47 heavy (non-hydrogen) atoms. The van der Waals surface area contributed by atoms with Gasteiger partial charge in [0.05, 0.1) is 31.8 Å². The molecule has 2 atom stereocenters. The Balaban J connectivity index is 4.50. The zero-order valence-electron chi connectivity index (χ0n) is 30.2. The number of hydrogen-bond acceptors (Lipinski definition) is 8. The van der Waals surface area contributed by atoms with Crippen molar-refractivity contribution in [3.8, 4) is 0 Å². The van der Waals surface area contributed by atoms with Crippen molar-refractivity contribution in [1.29, 1.82) is 0 Å². The van der Waals surface area contributed by atoms with E-state index in [9.17, 15) is 24.3 Å². The molecule has 0 spiro atoms. The average Bonchev–Trinajstić information content (AvgIpc) is 3.06. The predicted molar refractivity (Wildman–Crippen MR) is 188 cm³/mol. The first-order valence-corrected chi connectivity index (χ1v) is 18.8. The van der Waals surface area contributed by atoms with Crippen LogP contribution in [-0.2, 0) is 33.4 Å². The lowest BCUT2D eigenvalue weighted by atomic mass is 10.0. The maximum atomic E-state index is 12.6. The highest BCUT2D eigenvalue weighted by Gasteiger charge is 2.21. The van der Waals surface area contributed by atoms with Gasteiger partial charge in [-0.05, 0) is 19.3 Å². The smallest absolute Gasteiger partial charge is 0.306 e. The number of ether oxygens (including phenoxy) is 3. The van der Waals surface area contributed by atoms with Gasteiger partial charge in [-0.25, -0.2) is 0 Å². The Kier molecular flexibility index (Phi) is 32.3. The minimum Gasteiger partial charge on any atom is -0.463 e. The normalized spacial score (nSPS) is 12.7. The van der Waals surface area contributed by atoms with E-state index in [0.29, 0.717) is 12.8 Å².